The molecule has 1 aromatic heterocycles. The number of nitrogens with zero attached hydrogens (tertiary/aromatic N) is 3. The molecule has 1 fully saturated rings. The van der Waals surface area contributed by atoms with E-state index in [1.54, 1.807) is 0 Å². The van der Waals surface area contributed by atoms with E-state index in [1.165, 1.54) is 24.2 Å². The molecule has 4 heteroatoms. The van der Waals surface area contributed by atoms with Crippen LogP contribution in [0, 0.1) is 0 Å². The fraction of sp³-hybridized carbons (Fsp3) is 0.667. The molecule has 1 aromatic rings. The summed E-state index contributed by atoms with van der Waals surface area (Å²) in [6, 6.07) is 0. The van der Waals surface area contributed by atoms with Crippen molar-refractivity contribution in [2.45, 2.75) is 25.7 Å². The van der Waals surface area contributed by atoms with Crippen molar-refractivity contribution in [2.75, 3.05) is 31.1 Å². The van der Waals surface area contributed by atoms with Crippen LogP contribution in [0.2, 0.25) is 0 Å². The van der Waals surface area contributed by atoms with E-state index in [0.29, 0.717) is 0 Å². The van der Waals surface area contributed by atoms with Crippen molar-refractivity contribution in [3.63, 3.8) is 0 Å². The summed E-state index contributed by atoms with van der Waals surface area (Å²) in [6.07, 6.45) is 6.57. The van der Waals surface area contributed by atoms with E-state index < -0.39 is 0 Å². The van der Waals surface area contributed by atoms with Crippen LogP contribution in [-0.4, -0.2) is 36.1 Å². The SMILES string of the molecule is c1nc2c(nc1N1CCCC1)CCNCC2. The zero-order chi connectivity index (χ0) is 10.8. The summed E-state index contributed by atoms with van der Waals surface area (Å²) in [5, 5.41) is 3.39. The first-order valence-electron chi connectivity index (χ1n) is 6.24. The van der Waals surface area contributed by atoms with Crippen molar-refractivity contribution < 1.29 is 0 Å². The average Bonchev–Trinajstić information content (AvgIpc) is 2.74. The Kier molecular flexibility index (Phi) is 2.74. The normalized spacial score (nSPS) is 20.6. The highest BCUT2D eigenvalue weighted by molar-refractivity contribution is 5.39. The van der Waals surface area contributed by atoms with E-state index in [4.69, 9.17) is 4.98 Å². The van der Waals surface area contributed by atoms with Crippen LogP contribution >= 0.6 is 0 Å². The molecular formula is C12H18N4. The lowest BCUT2D eigenvalue weighted by atomic mass is 10.2. The van der Waals surface area contributed by atoms with Crippen molar-refractivity contribution in [2.24, 2.45) is 0 Å². The van der Waals surface area contributed by atoms with Crippen molar-refractivity contribution in [3.05, 3.63) is 17.6 Å². The van der Waals surface area contributed by atoms with Crippen LogP contribution in [0.1, 0.15) is 24.2 Å². The first-order chi connectivity index (χ1) is 7.93. The predicted octanol–water partition coefficient (Wildman–Crippen LogP) is 0.765. The van der Waals surface area contributed by atoms with Gasteiger partial charge in [-0.05, 0) is 12.8 Å². The van der Waals surface area contributed by atoms with Crippen molar-refractivity contribution >= 4 is 5.82 Å². The zero-order valence-electron chi connectivity index (χ0n) is 9.58. The maximum absolute atomic E-state index is 4.78. The summed E-state index contributed by atoms with van der Waals surface area (Å²) in [5.41, 5.74) is 2.39. The van der Waals surface area contributed by atoms with Gasteiger partial charge in [-0.3, -0.25) is 4.98 Å². The Bertz CT molecular complexity index is 371. The van der Waals surface area contributed by atoms with Crippen LogP contribution in [-0.2, 0) is 12.8 Å². The number of hydrogen-bond donors (Lipinski definition) is 1. The van der Waals surface area contributed by atoms with Crippen LogP contribution in [0.4, 0.5) is 5.82 Å². The van der Waals surface area contributed by atoms with Gasteiger partial charge < -0.3 is 10.2 Å². The van der Waals surface area contributed by atoms with Gasteiger partial charge in [0.15, 0.2) is 0 Å². The highest BCUT2D eigenvalue weighted by Crippen LogP contribution is 2.19. The number of rotatable bonds is 1. The van der Waals surface area contributed by atoms with Gasteiger partial charge in [-0.2, -0.15) is 0 Å². The van der Waals surface area contributed by atoms with Crippen molar-refractivity contribution in [3.8, 4) is 0 Å². The third-order valence-electron chi connectivity index (χ3n) is 3.43. The molecule has 3 heterocycles. The highest BCUT2D eigenvalue weighted by atomic mass is 15.2. The summed E-state index contributed by atoms with van der Waals surface area (Å²) in [7, 11) is 0. The second-order valence-electron chi connectivity index (χ2n) is 4.57. The summed E-state index contributed by atoms with van der Waals surface area (Å²) in [4.78, 5) is 11.7. The smallest absolute Gasteiger partial charge is 0.147 e. The molecule has 0 bridgehead atoms. The minimum Gasteiger partial charge on any atom is -0.355 e. The Hall–Kier alpha value is -1.16. The lowest BCUT2D eigenvalue weighted by molar-refractivity contribution is 0.706. The van der Waals surface area contributed by atoms with Crippen LogP contribution in [0.3, 0.4) is 0 Å². The Morgan fingerprint density at radius 1 is 1.06 bits per heavy atom. The predicted molar refractivity (Wildman–Crippen MR) is 63.8 cm³/mol. The van der Waals surface area contributed by atoms with E-state index in [9.17, 15) is 0 Å². The molecule has 0 saturated carbocycles. The van der Waals surface area contributed by atoms with Crippen LogP contribution in [0.15, 0.2) is 6.20 Å². The van der Waals surface area contributed by atoms with Gasteiger partial charge in [0.1, 0.15) is 5.82 Å². The first-order valence-corrected chi connectivity index (χ1v) is 6.24. The molecule has 16 heavy (non-hydrogen) atoms. The molecule has 1 N–H and O–H groups in total. The second kappa shape index (κ2) is 4.37. The molecule has 0 spiro atoms. The number of aromatic nitrogens is 2. The minimum absolute atomic E-state index is 1.02. The maximum Gasteiger partial charge on any atom is 0.147 e. The third-order valence-corrected chi connectivity index (χ3v) is 3.43. The molecule has 2 aliphatic rings. The number of hydrogen-bond acceptors (Lipinski definition) is 4. The first kappa shape index (κ1) is 10.0. The molecule has 0 atom stereocenters. The number of nitrogens with one attached hydrogen (secondary N) is 1. The maximum atomic E-state index is 4.78. The van der Waals surface area contributed by atoms with Gasteiger partial charge in [-0.25, -0.2) is 4.98 Å². The van der Waals surface area contributed by atoms with Gasteiger partial charge in [0.2, 0.25) is 0 Å². The topological polar surface area (TPSA) is 41.1 Å². The third kappa shape index (κ3) is 1.89. The monoisotopic (exact) mass is 218 g/mol. The van der Waals surface area contributed by atoms with Crippen LogP contribution < -0.4 is 10.2 Å². The highest BCUT2D eigenvalue weighted by Gasteiger charge is 2.16. The van der Waals surface area contributed by atoms with E-state index in [2.05, 4.69) is 15.2 Å². The van der Waals surface area contributed by atoms with E-state index in [0.717, 1.165) is 44.8 Å². The van der Waals surface area contributed by atoms with Crippen LogP contribution in [0.5, 0.6) is 0 Å². The molecule has 4 nitrogen and oxygen atoms in total. The molecule has 1 saturated heterocycles. The van der Waals surface area contributed by atoms with Crippen LogP contribution in [0.25, 0.3) is 0 Å². The molecular weight excluding hydrogens is 200 g/mol. The second-order valence-corrected chi connectivity index (χ2v) is 4.57. The van der Waals surface area contributed by atoms with Gasteiger partial charge in [0.05, 0.1) is 17.6 Å². The quantitative estimate of drug-likeness (QED) is 0.756. The summed E-state index contributed by atoms with van der Waals surface area (Å²) < 4.78 is 0. The van der Waals surface area contributed by atoms with Crippen molar-refractivity contribution in [1.29, 1.82) is 0 Å². The van der Waals surface area contributed by atoms with Gasteiger partial charge >= 0.3 is 0 Å². The molecule has 2 aliphatic heterocycles. The van der Waals surface area contributed by atoms with Gasteiger partial charge in [-0.1, -0.05) is 0 Å². The Morgan fingerprint density at radius 2 is 1.81 bits per heavy atom. The molecule has 86 valence electrons. The van der Waals surface area contributed by atoms with Gasteiger partial charge in [0.25, 0.3) is 0 Å². The van der Waals surface area contributed by atoms with Crippen molar-refractivity contribution in [1.82, 2.24) is 15.3 Å². The average molecular weight is 218 g/mol. The molecule has 3 rings (SSSR count). The lowest BCUT2D eigenvalue weighted by Gasteiger charge is -2.17. The fourth-order valence-corrected chi connectivity index (χ4v) is 2.49. The standard InChI is InChI=1S/C12H18N4/c1-2-8-16(7-1)12-9-14-10-3-5-13-6-4-11(10)15-12/h9,13H,1-8H2. The Morgan fingerprint density at radius 3 is 2.62 bits per heavy atom. The van der Waals surface area contributed by atoms with E-state index >= 15 is 0 Å². The minimum atomic E-state index is 1.02. The molecule has 0 aromatic carbocycles. The lowest BCUT2D eigenvalue weighted by Crippen LogP contribution is -2.20. The summed E-state index contributed by atoms with van der Waals surface area (Å²) in [6.45, 7) is 4.35. The molecule has 0 amide bonds. The molecule has 0 radical (unpaired) electrons. The summed E-state index contributed by atoms with van der Waals surface area (Å²) >= 11 is 0. The van der Waals surface area contributed by atoms with E-state index in [-0.39, 0.29) is 0 Å². The van der Waals surface area contributed by atoms with Gasteiger partial charge in [0, 0.05) is 39.0 Å². The Balaban J connectivity index is 1.88. The van der Waals surface area contributed by atoms with Gasteiger partial charge in [-0.15, -0.1) is 0 Å². The number of anilines is 1. The Labute approximate surface area is 96.1 Å². The molecule has 0 aliphatic carbocycles. The zero-order valence-corrected chi connectivity index (χ0v) is 9.58. The fourth-order valence-electron chi connectivity index (χ4n) is 2.49. The number of fused-ring (bicyclic) bond motifs is 1. The largest absolute Gasteiger partial charge is 0.355 e. The van der Waals surface area contributed by atoms with E-state index in [1.807, 2.05) is 6.20 Å². The summed E-state index contributed by atoms with van der Waals surface area (Å²) in [5.74, 6) is 1.08. The molecule has 0 unspecified atom stereocenters.